The predicted molar refractivity (Wildman–Crippen MR) is 68.0 cm³/mol. The van der Waals surface area contributed by atoms with E-state index in [1.54, 1.807) is 0 Å². The molecule has 0 saturated heterocycles. The van der Waals surface area contributed by atoms with Crippen molar-refractivity contribution < 1.29 is 0 Å². The molecule has 0 spiro atoms. The number of pyridine rings is 1. The molecule has 0 aliphatic carbocycles. The Balaban J connectivity index is 3.69. The largest absolute Gasteiger partial charge is 0.343 e. The molecule has 0 amide bonds. The summed E-state index contributed by atoms with van der Waals surface area (Å²) < 4.78 is 3.13. The van der Waals surface area contributed by atoms with Crippen molar-refractivity contribution in [1.82, 2.24) is 4.57 Å². The summed E-state index contributed by atoms with van der Waals surface area (Å²) >= 11 is 2.22. The van der Waals surface area contributed by atoms with Gasteiger partial charge in [0.1, 0.15) is 0 Å². The fourth-order valence-electron chi connectivity index (χ4n) is 1.72. The Morgan fingerprint density at radius 1 is 1.29 bits per heavy atom. The van der Waals surface area contributed by atoms with Gasteiger partial charge in [0, 0.05) is 23.9 Å². The van der Waals surface area contributed by atoms with Gasteiger partial charge >= 0.3 is 0 Å². The zero-order valence-electron chi connectivity index (χ0n) is 9.31. The smallest absolute Gasteiger partial charge is 0.189 e. The van der Waals surface area contributed by atoms with E-state index in [4.69, 9.17) is 0 Å². The number of hydrogen-bond acceptors (Lipinski definition) is 1. The maximum Gasteiger partial charge on any atom is 0.189 e. The maximum atomic E-state index is 12.0. The predicted octanol–water partition coefficient (Wildman–Crippen LogP) is 2.73. The van der Waals surface area contributed by atoms with Gasteiger partial charge < -0.3 is 4.57 Å². The molecule has 14 heavy (non-hydrogen) atoms. The van der Waals surface area contributed by atoms with Crippen LogP contribution in [0.25, 0.3) is 0 Å². The Kier molecular flexibility index (Phi) is 3.40. The summed E-state index contributed by atoms with van der Waals surface area (Å²) in [5.41, 5.74) is 3.10. The molecular weight excluding hydrogens is 289 g/mol. The SMILES string of the molecule is Cc1c(I)n(C)c(C)c(C(C)C)c1=O. The number of rotatable bonds is 1. The second kappa shape index (κ2) is 4.04. The fourth-order valence-corrected chi connectivity index (χ4v) is 2.33. The maximum absolute atomic E-state index is 12.0. The Morgan fingerprint density at radius 3 is 2.21 bits per heavy atom. The zero-order chi connectivity index (χ0) is 11.0. The van der Waals surface area contributed by atoms with E-state index < -0.39 is 0 Å². The van der Waals surface area contributed by atoms with Gasteiger partial charge in [-0.15, -0.1) is 0 Å². The molecule has 1 aromatic heterocycles. The van der Waals surface area contributed by atoms with Gasteiger partial charge in [-0.25, -0.2) is 0 Å². The van der Waals surface area contributed by atoms with Crippen LogP contribution in [0.2, 0.25) is 0 Å². The second-order valence-electron chi connectivity index (χ2n) is 3.96. The van der Waals surface area contributed by atoms with E-state index in [0.29, 0.717) is 5.92 Å². The van der Waals surface area contributed by atoms with Gasteiger partial charge in [-0.3, -0.25) is 4.79 Å². The number of nitrogens with zero attached hydrogens (tertiary/aromatic N) is 1. The first-order valence-corrected chi connectivity index (χ1v) is 5.81. The summed E-state index contributed by atoms with van der Waals surface area (Å²) in [6.45, 7) is 8.04. The molecule has 0 atom stereocenters. The molecule has 0 bridgehead atoms. The quantitative estimate of drug-likeness (QED) is 0.577. The van der Waals surface area contributed by atoms with Crippen LogP contribution in [0.4, 0.5) is 0 Å². The number of aromatic nitrogens is 1. The Labute approximate surface area is 98.5 Å². The molecule has 1 aromatic rings. The average molecular weight is 305 g/mol. The lowest BCUT2D eigenvalue weighted by molar-refractivity contribution is 0.749. The lowest BCUT2D eigenvalue weighted by atomic mass is 9.99. The van der Waals surface area contributed by atoms with Gasteiger partial charge in [0.25, 0.3) is 0 Å². The lowest BCUT2D eigenvalue weighted by Crippen LogP contribution is -2.22. The second-order valence-corrected chi connectivity index (χ2v) is 4.98. The van der Waals surface area contributed by atoms with Crippen molar-refractivity contribution in [1.29, 1.82) is 0 Å². The van der Waals surface area contributed by atoms with Crippen LogP contribution in [-0.4, -0.2) is 4.57 Å². The Morgan fingerprint density at radius 2 is 1.79 bits per heavy atom. The highest BCUT2D eigenvalue weighted by atomic mass is 127. The van der Waals surface area contributed by atoms with Crippen LogP contribution in [0, 0.1) is 17.5 Å². The standard InChI is InChI=1S/C11H16INO/c1-6(2)9-8(4)13(5)11(12)7(3)10(9)14/h6H,1-5H3. The highest BCUT2D eigenvalue weighted by Crippen LogP contribution is 2.18. The molecule has 0 N–H and O–H groups in total. The van der Waals surface area contributed by atoms with Gasteiger partial charge in [0.05, 0.1) is 3.70 Å². The minimum Gasteiger partial charge on any atom is -0.343 e. The number of hydrogen-bond donors (Lipinski definition) is 0. The topological polar surface area (TPSA) is 22.0 Å². The van der Waals surface area contributed by atoms with Crippen LogP contribution < -0.4 is 5.43 Å². The van der Waals surface area contributed by atoms with E-state index in [2.05, 4.69) is 41.0 Å². The van der Waals surface area contributed by atoms with Crippen molar-refractivity contribution in [3.05, 3.63) is 30.7 Å². The van der Waals surface area contributed by atoms with Crippen molar-refractivity contribution in [3.63, 3.8) is 0 Å². The van der Waals surface area contributed by atoms with Gasteiger partial charge in [-0.1, -0.05) is 13.8 Å². The molecular formula is C11H16INO. The first kappa shape index (κ1) is 11.8. The summed E-state index contributed by atoms with van der Waals surface area (Å²) in [5.74, 6) is 0.296. The van der Waals surface area contributed by atoms with Crippen molar-refractivity contribution >= 4 is 22.6 Å². The molecule has 0 aliphatic heterocycles. The zero-order valence-corrected chi connectivity index (χ0v) is 11.5. The lowest BCUT2D eigenvalue weighted by Gasteiger charge is -2.16. The molecule has 1 heterocycles. The van der Waals surface area contributed by atoms with Crippen LogP contribution in [0.5, 0.6) is 0 Å². The first-order valence-electron chi connectivity index (χ1n) is 4.73. The van der Waals surface area contributed by atoms with Crippen LogP contribution in [0.15, 0.2) is 4.79 Å². The molecule has 0 fully saturated rings. The Bertz CT molecular complexity index is 418. The van der Waals surface area contributed by atoms with Crippen LogP contribution in [0.1, 0.15) is 36.6 Å². The molecule has 3 heteroatoms. The third-order valence-electron chi connectivity index (χ3n) is 2.66. The van der Waals surface area contributed by atoms with E-state index in [1.165, 1.54) is 0 Å². The monoisotopic (exact) mass is 305 g/mol. The summed E-state index contributed by atoms with van der Waals surface area (Å²) in [6, 6.07) is 0. The van der Waals surface area contributed by atoms with Crippen molar-refractivity contribution in [3.8, 4) is 0 Å². The molecule has 0 aliphatic rings. The minimum absolute atomic E-state index is 0.208. The van der Waals surface area contributed by atoms with Gasteiger partial charge in [0.2, 0.25) is 0 Å². The first-order chi connectivity index (χ1) is 6.37. The molecule has 0 unspecified atom stereocenters. The van der Waals surface area contributed by atoms with Gasteiger partial charge in [-0.2, -0.15) is 0 Å². The van der Waals surface area contributed by atoms with E-state index >= 15 is 0 Å². The van der Waals surface area contributed by atoms with Gasteiger partial charge in [-0.05, 0) is 42.4 Å². The van der Waals surface area contributed by atoms with Crippen LogP contribution in [0.3, 0.4) is 0 Å². The summed E-state index contributed by atoms with van der Waals surface area (Å²) in [5, 5.41) is 0. The van der Waals surface area contributed by atoms with E-state index in [1.807, 2.05) is 20.9 Å². The van der Waals surface area contributed by atoms with Gasteiger partial charge in [0.15, 0.2) is 5.43 Å². The summed E-state index contributed by atoms with van der Waals surface area (Å²) in [4.78, 5) is 12.0. The molecule has 2 nitrogen and oxygen atoms in total. The molecule has 0 saturated carbocycles. The third-order valence-corrected chi connectivity index (χ3v) is 4.19. The third kappa shape index (κ3) is 1.74. The van der Waals surface area contributed by atoms with Crippen molar-refractivity contribution in [2.24, 2.45) is 7.05 Å². The number of halogens is 1. The van der Waals surface area contributed by atoms with Crippen molar-refractivity contribution in [2.75, 3.05) is 0 Å². The van der Waals surface area contributed by atoms with Crippen molar-refractivity contribution in [2.45, 2.75) is 33.6 Å². The van der Waals surface area contributed by atoms with E-state index in [0.717, 1.165) is 20.5 Å². The van der Waals surface area contributed by atoms with Crippen LogP contribution in [-0.2, 0) is 7.05 Å². The fraction of sp³-hybridized carbons (Fsp3) is 0.545. The van der Waals surface area contributed by atoms with E-state index in [9.17, 15) is 4.79 Å². The highest BCUT2D eigenvalue weighted by molar-refractivity contribution is 14.1. The van der Waals surface area contributed by atoms with Crippen LogP contribution >= 0.6 is 22.6 Å². The van der Waals surface area contributed by atoms with E-state index in [-0.39, 0.29) is 5.43 Å². The summed E-state index contributed by atoms with van der Waals surface area (Å²) in [7, 11) is 2.01. The highest BCUT2D eigenvalue weighted by Gasteiger charge is 2.15. The Hall–Kier alpha value is -0.320. The molecule has 0 aromatic carbocycles. The minimum atomic E-state index is 0.208. The molecule has 1 rings (SSSR count). The summed E-state index contributed by atoms with van der Waals surface area (Å²) in [6.07, 6.45) is 0. The normalized spacial score (nSPS) is 11.1. The molecule has 0 radical (unpaired) electrons. The average Bonchev–Trinajstić information content (AvgIpc) is 2.11. The molecule has 78 valence electrons.